The summed E-state index contributed by atoms with van der Waals surface area (Å²) in [5.74, 6) is -0.769. The lowest BCUT2D eigenvalue weighted by Crippen LogP contribution is -2.38. The van der Waals surface area contributed by atoms with Crippen molar-refractivity contribution in [3.63, 3.8) is 0 Å². The molecule has 1 aliphatic heterocycles. The molecule has 0 spiro atoms. The van der Waals surface area contributed by atoms with Gasteiger partial charge in [0.25, 0.3) is 0 Å². The van der Waals surface area contributed by atoms with E-state index >= 15 is 0 Å². The van der Waals surface area contributed by atoms with Crippen molar-refractivity contribution >= 4 is 23.0 Å². The van der Waals surface area contributed by atoms with Crippen LogP contribution in [0.4, 0.5) is 13.2 Å². The molecule has 2 aliphatic carbocycles. The first-order chi connectivity index (χ1) is 16.0. The van der Waals surface area contributed by atoms with E-state index in [9.17, 15) is 18.0 Å². The van der Waals surface area contributed by atoms with Crippen molar-refractivity contribution in [1.82, 2.24) is 14.8 Å². The number of benzene rings is 2. The van der Waals surface area contributed by atoms with Crippen LogP contribution in [0.1, 0.15) is 37.3 Å². The van der Waals surface area contributed by atoms with E-state index in [0.717, 1.165) is 36.6 Å². The van der Waals surface area contributed by atoms with E-state index < -0.39 is 17.7 Å². The zero-order valence-electron chi connectivity index (χ0n) is 17.9. The highest BCUT2D eigenvalue weighted by Crippen LogP contribution is 2.55. The molecule has 6 rings (SSSR count). The Morgan fingerprint density at radius 2 is 1.91 bits per heavy atom. The lowest BCUT2D eigenvalue weighted by Gasteiger charge is -2.37. The molecule has 5 atom stereocenters. The highest BCUT2D eigenvalue weighted by atomic mass is 19.1. The van der Waals surface area contributed by atoms with E-state index in [0.29, 0.717) is 30.7 Å². The first kappa shape index (κ1) is 20.4. The van der Waals surface area contributed by atoms with Crippen LogP contribution in [-0.2, 0) is 11.3 Å². The number of amides is 1. The number of carbonyl (C=O) groups excluding carboxylic acids is 1. The maximum Gasteiger partial charge on any atom is 0.246 e. The molecule has 0 N–H and O–H groups in total. The van der Waals surface area contributed by atoms with Crippen LogP contribution in [0.5, 0.6) is 0 Å². The Kier molecular flexibility index (Phi) is 4.78. The van der Waals surface area contributed by atoms with Gasteiger partial charge >= 0.3 is 0 Å². The maximum absolute atomic E-state index is 14.4. The van der Waals surface area contributed by atoms with Crippen LogP contribution in [0.3, 0.4) is 0 Å². The van der Waals surface area contributed by atoms with Crippen molar-refractivity contribution in [2.45, 2.75) is 38.3 Å². The van der Waals surface area contributed by atoms with Crippen molar-refractivity contribution in [2.75, 3.05) is 0 Å². The molecular weight excluding hydrogens is 429 g/mol. The third kappa shape index (κ3) is 3.26. The highest BCUT2D eigenvalue weighted by molar-refractivity contribution is 5.83. The number of hydrazone groups is 1. The summed E-state index contributed by atoms with van der Waals surface area (Å²) in [6.07, 6.45) is 6.23. The van der Waals surface area contributed by atoms with Crippen LogP contribution in [0.2, 0.25) is 0 Å². The summed E-state index contributed by atoms with van der Waals surface area (Å²) in [7, 11) is 0. The van der Waals surface area contributed by atoms with Gasteiger partial charge in [-0.2, -0.15) is 10.2 Å². The van der Waals surface area contributed by atoms with Gasteiger partial charge in [-0.05, 0) is 67.3 Å². The average Bonchev–Trinajstić information content (AvgIpc) is 3.47. The predicted molar refractivity (Wildman–Crippen MR) is 117 cm³/mol. The molecule has 5 nitrogen and oxygen atoms in total. The minimum atomic E-state index is -0.621. The lowest BCUT2D eigenvalue weighted by molar-refractivity contribution is -0.139. The van der Waals surface area contributed by atoms with Gasteiger partial charge in [0.15, 0.2) is 0 Å². The van der Waals surface area contributed by atoms with E-state index in [4.69, 9.17) is 0 Å². The molecule has 33 heavy (non-hydrogen) atoms. The first-order valence-corrected chi connectivity index (χ1v) is 11.4. The Labute approximate surface area is 188 Å². The van der Waals surface area contributed by atoms with Crippen LogP contribution >= 0.6 is 0 Å². The minimum absolute atomic E-state index is 0.119. The van der Waals surface area contributed by atoms with E-state index in [-0.39, 0.29) is 35.0 Å². The van der Waals surface area contributed by atoms with Crippen molar-refractivity contribution in [3.05, 3.63) is 65.6 Å². The smallest absolute Gasteiger partial charge is 0.246 e. The van der Waals surface area contributed by atoms with Gasteiger partial charge in [-0.15, -0.1) is 0 Å². The molecular formula is C25H23F3N4O. The summed E-state index contributed by atoms with van der Waals surface area (Å²) >= 11 is 0. The fourth-order valence-corrected chi connectivity index (χ4v) is 6.07. The summed E-state index contributed by atoms with van der Waals surface area (Å²) in [5, 5.41) is 10.5. The number of fused-ring (bicyclic) bond motifs is 2. The van der Waals surface area contributed by atoms with E-state index in [1.807, 2.05) is 10.7 Å². The maximum atomic E-state index is 14.4. The SMILES string of the molecule is O=C([C@H]1CC(Cn2ncc3c(F)cccc32)C2CCC21)N1N=CCC1c1cc(F)ccc1F. The monoisotopic (exact) mass is 452 g/mol. The van der Waals surface area contributed by atoms with Gasteiger partial charge < -0.3 is 0 Å². The Balaban J connectivity index is 1.23. The standard InChI is InChI=1S/C25H23F3N4O/c26-15-4-7-22(28)19(11-15)24-8-9-29-32(24)25(33)18-10-14(16-5-6-17(16)18)13-31-23-3-1-2-21(27)20(23)12-30-31/h1-4,7,9,11-12,14,16-18,24H,5-6,8,10,13H2/t14?,16?,17?,18-,24?/m0/s1. The van der Waals surface area contributed by atoms with Gasteiger partial charge in [0.1, 0.15) is 17.5 Å². The molecule has 2 fully saturated rings. The van der Waals surface area contributed by atoms with Gasteiger partial charge in [-0.3, -0.25) is 9.48 Å². The molecule has 2 heterocycles. The topological polar surface area (TPSA) is 50.5 Å². The van der Waals surface area contributed by atoms with E-state index in [1.54, 1.807) is 18.5 Å². The van der Waals surface area contributed by atoms with Crippen LogP contribution in [0.15, 0.2) is 47.7 Å². The number of aromatic nitrogens is 2. The normalized spacial score (nSPS) is 28.3. The Hall–Kier alpha value is -3.16. The summed E-state index contributed by atoms with van der Waals surface area (Å²) in [6.45, 7) is 0.628. The van der Waals surface area contributed by atoms with Gasteiger partial charge in [-0.1, -0.05) is 6.07 Å². The third-order valence-electron chi connectivity index (χ3n) is 7.79. The first-order valence-electron chi connectivity index (χ1n) is 11.4. The van der Waals surface area contributed by atoms with Crippen LogP contribution < -0.4 is 0 Å². The molecule has 3 aromatic rings. The van der Waals surface area contributed by atoms with Gasteiger partial charge in [0.05, 0.1) is 23.1 Å². The zero-order chi connectivity index (χ0) is 22.7. The molecule has 4 unspecified atom stereocenters. The van der Waals surface area contributed by atoms with Crippen LogP contribution in [0.25, 0.3) is 10.9 Å². The predicted octanol–water partition coefficient (Wildman–Crippen LogP) is 5.08. The molecule has 0 radical (unpaired) electrons. The average molecular weight is 452 g/mol. The number of nitrogens with zero attached hydrogens (tertiary/aromatic N) is 4. The summed E-state index contributed by atoms with van der Waals surface area (Å²) < 4.78 is 44.1. The molecule has 8 heteroatoms. The van der Waals surface area contributed by atoms with Crippen molar-refractivity contribution < 1.29 is 18.0 Å². The van der Waals surface area contributed by atoms with Gasteiger partial charge in [-0.25, -0.2) is 18.2 Å². The molecule has 1 amide bonds. The Morgan fingerprint density at radius 1 is 1.06 bits per heavy atom. The van der Waals surface area contributed by atoms with Gasteiger partial charge in [0, 0.05) is 30.7 Å². The Morgan fingerprint density at radius 3 is 2.73 bits per heavy atom. The highest BCUT2D eigenvalue weighted by Gasteiger charge is 2.53. The van der Waals surface area contributed by atoms with E-state index in [2.05, 4.69) is 10.2 Å². The fourth-order valence-electron chi connectivity index (χ4n) is 6.07. The number of hydrogen-bond donors (Lipinski definition) is 0. The molecule has 1 aromatic heterocycles. The molecule has 2 saturated carbocycles. The second-order valence-electron chi connectivity index (χ2n) is 9.40. The third-order valence-corrected chi connectivity index (χ3v) is 7.79. The fraction of sp³-hybridized carbons (Fsp3) is 0.400. The molecule has 170 valence electrons. The second-order valence-corrected chi connectivity index (χ2v) is 9.40. The van der Waals surface area contributed by atoms with Crippen molar-refractivity contribution in [2.24, 2.45) is 28.8 Å². The zero-order valence-corrected chi connectivity index (χ0v) is 17.9. The lowest BCUT2D eigenvalue weighted by atomic mass is 9.70. The van der Waals surface area contributed by atoms with Crippen LogP contribution in [-0.4, -0.2) is 26.9 Å². The molecule has 0 bridgehead atoms. The summed E-state index contributed by atoms with van der Waals surface area (Å²) in [5.41, 5.74) is 0.914. The number of halogens is 3. The summed E-state index contributed by atoms with van der Waals surface area (Å²) in [6, 6.07) is 7.67. The largest absolute Gasteiger partial charge is 0.273 e. The molecule has 0 saturated heterocycles. The van der Waals surface area contributed by atoms with E-state index in [1.165, 1.54) is 11.1 Å². The molecule has 3 aliphatic rings. The second kappa shape index (κ2) is 7.71. The Bertz CT molecular complexity index is 1270. The number of rotatable bonds is 4. The van der Waals surface area contributed by atoms with Crippen molar-refractivity contribution in [1.29, 1.82) is 0 Å². The van der Waals surface area contributed by atoms with Crippen LogP contribution in [0, 0.1) is 41.1 Å². The number of hydrogen-bond acceptors (Lipinski definition) is 3. The number of carbonyl (C=O) groups is 1. The summed E-state index contributed by atoms with van der Waals surface area (Å²) in [4.78, 5) is 13.5. The quantitative estimate of drug-likeness (QED) is 0.555. The molecule has 2 aromatic carbocycles. The van der Waals surface area contributed by atoms with Gasteiger partial charge in [0.2, 0.25) is 5.91 Å². The minimum Gasteiger partial charge on any atom is -0.273 e. The van der Waals surface area contributed by atoms with Crippen molar-refractivity contribution in [3.8, 4) is 0 Å².